The quantitative estimate of drug-likeness (QED) is 0.491. The maximum Gasteiger partial charge on any atom is 0.293 e. The van der Waals surface area contributed by atoms with E-state index in [1.807, 2.05) is 67.8 Å². The lowest BCUT2D eigenvalue weighted by atomic mass is 10.2. The molecule has 0 unspecified atom stereocenters. The second kappa shape index (κ2) is 7.25. The second-order valence-electron chi connectivity index (χ2n) is 6.33. The molecule has 0 spiro atoms. The molecule has 0 radical (unpaired) electrons. The first kappa shape index (κ1) is 17.3. The number of amides is 1. The molecule has 5 nitrogen and oxygen atoms in total. The molecule has 27 heavy (non-hydrogen) atoms. The van der Waals surface area contributed by atoms with Gasteiger partial charge in [0.1, 0.15) is 11.3 Å². The third-order valence-corrected chi connectivity index (χ3v) is 4.65. The van der Waals surface area contributed by atoms with Gasteiger partial charge in [-0.2, -0.15) is 0 Å². The molecule has 2 aromatic heterocycles. The average Bonchev–Trinajstić information content (AvgIpc) is 3.28. The third-order valence-electron chi connectivity index (χ3n) is 3.90. The number of hydrogen-bond acceptors (Lipinski definition) is 5. The summed E-state index contributed by atoms with van der Waals surface area (Å²) in [5, 5.41) is 6.13. The van der Waals surface area contributed by atoms with Crippen molar-refractivity contribution in [2.75, 3.05) is 5.32 Å². The summed E-state index contributed by atoms with van der Waals surface area (Å²) < 4.78 is 11.2. The van der Waals surface area contributed by atoms with Gasteiger partial charge in [-0.15, -0.1) is 11.3 Å². The average molecular weight is 378 g/mol. The van der Waals surface area contributed by atoms with Gasteiger partial charge < -0.3 is 9.15 Å². The number of carbonyl (C=O) groups excluding carboxylic acids is 1. The summed E-state index contributed by atoms with van der Waals surface area (Å²) in [5.41, 5.74) is 2.45. The molecule has 0 aliphatic carbocycles. The molecular formula is C21H18N2O3S. The van der Waals surface area contributed by atoms with Crippen LogP contribution >= 0.6 is 11.3 Å². The Morgan fingerprint density at radius 1 is 1.15 bits per heavy atom. The molecule has 4 rings (SSSR count). The standard InChI is InChI=1S/C21H18N2O3S/c1-13(2)25-16-9-7-14(8-10-16)17-12-27-21(22-17)23-20(24)19-11-15-5-3-4-6-18(15)26-19/h3-13H,1-2H3,(H,22,23,24). The minimum absolute atomic E-state index is 0.134. The first-order chi connectivity index (χ1) is 13.1. The Hall–Kier alpha value is -3.12. The van der Waals surface area contributed by atoms with E-state index in [9.17, 15) is 4.79 Å². The first-order valence-electron chi connectivity index (χ1n) is 8.61. The summed E-state index contributed by atoms with van der Waals surface area (Å²) >= 11 is 1.37. The lowest BCUT2D eigenvalue weighted by Crippen LogP contribution is -2.10. The van der Waals surface area contributed by atoms with Gasteiger partial charge in [0, 0.05) is 16.3 Å². The van der Waals surface area contributed by atoms with Gasteiger partial charge >= 0.3 is 0 Å². The van der Waals surface area contributed by atoms with Crippen LogP contribution in [0.15, 0.2) is 64.4 Å². The highest BCUT2D eigenvalue weighted by atomic mass is 32.1. The SMILES string of the molecule is CC(C)Oc1ccc(-c2csc(NC(=O)c3cc4ccccc4o3)n2)cc1. The maximum atomic E-state index is 12.4. The molecule has 0 saturated heterocycles. The summed E-state index contributed by atoms with van der Waals surface area (Å²) in [5.74, 6) is 0.776. The smallest absolute Gasteiger partial charge is 0.293 e. The van der Waals surface area contributed by atoms with E-state index >= 15 is 0 Å². The number of furan rings is 1. The highest BCUT2D eigenvalue weighted by Crippen LogP contribution is 2.27. The molecule has 0 aliphatic rings. The van der Waals surface area contributed by atoms with E-state index in [-0.39, 0.29) is 17.8 Å². The van der Waals surface area contributed by atoms with Crippen molar-refractivity contribution in [3.63, 3.8) is 0 Å². The predicted molar refractivity (Wildman–Crippen MR) is 107 cm³/mol. The van der Waals surface area contributed by atoms with Crippen molar-refractivity contribution < 1.29 is 13.9 Å². The van der Waals surface area contributed by atoms with E-state index in [0.29, 0.717) is 10.7 Å². The first-order valence-corrected chi connectivity index (χ1v) is 9.49. The zero-order valence-corrected chi connectivity index (χ0v) is 15.7. The molecule has 2 aromatic carbocycles. The van der Waals surface area contributed by atoms with Crippen molar-refractivity contribution in [1.82, 2.24) is 4.98 Å². The van der Waals surface area contributed by atoms with Crippen LogP contribution in [0.3, 0.4) is 0 Å². The molecule has 136 valence electrons. The molecule has 1 N–H and O–H groups in total. The zero-order chi connectivity index (χ0) is 18.8. The number of carbonyl (C=O) groups is 1. The van der Waals surface area contributed by atoms with Gasteiger partial charge in [-0.05, 0) is 50.2 Å². The number of fused-ring (bicyclic) bond motifs is 1. The Balaban J connectivity index is 1.48. The van der Waals surface area contributed by atoms with Crippen molar-refractivity contribution >= 4 is 33.3 Å². The van der Waals surface area contributed by atoms with Gasteiger partial charge in [0.05, 0.1) is 11.8 Å². The number of rotatable bonds is 5. The van der Waals surface area contributed by atoms with E-state index in [2.05, 4.69) is 10.3 Å². The predicted octanol–water partition coefficient (Wildman–Crippen LogP) is 5.60. The van der Waals surface area contributed by atoms with E-state index in [4.69, 9.17) is 9.15 Å². The number of anilines is 1. The van der Waals surface area contributed by atoms with Gasteiger partial charge in [0.15, 0.2) is 10.9 Å². The molecule has 6 heteroatoms. The number of hydrogen-bond donors (Lipinski definition) is 1. The van der Waals surface area contributed by atoms with Crippen LogP contribution in [0.1, 0.15) is 24.4 Å². The lowest BCUT2D eigenvalue weighted by Gasteiger charge is -2.09. The Labute approximate surface area is 160 Å². The van der Waals surface area contributed by atoms with Crippen molar-refractivity contribution in [1.29, 1.82) is 0 Å². The molecule has 0 fully saturated rings. The fraction of sp³-hybridized carbons (Fsp3) is 0.143. The number of benzene rings is 2. The Kier molecular flexibility index (Phi) is 4.64. The minimum atomic E-state index is -0.312. The van der Waals surface area contributed by atoms with E-state index < -0.39 is 0 Å². The van der Waals surface area contributed by atoms with Crippen LogP contribution < -0.4 is 10.1 Å². The number of nitrogens with zero attached hydrogens (tertiary/aromatic N) is 1. The minimum Gasteiger partial charge on any atom is -0.491 e. The molecule has 2 heterocycles. The number of nitrogens with one attached hydrogen (secondary N) is 1. The van der Waals surface area contributed by atoms with Gasteiger partial charge in [-0.25, -0.2) is 4.98 Å². The monoisotopic (exact) mass is 378 g/mol. The van der Waals surface area contributed by atoms with Crippen molar-refractivity contribution in [2.45, 2.75) is 20.0 Å². The van der Waals surface area contributed by atoms with Crippen molar-refractivity contribution in [3.05, 3.63) is 65.7 Å². The van der Waals surface area contributed by atoms with Crippen LogP contribution in [-0.2, 0) is 0 Å². The molecule has 1 amide bonds. The van der Waals surface area contributed by atoms with Crippen LogP contribution in [0.2, 0.25) is 0 Å². The summed E-state index contributed by atoms with van der Waals surface area (Å²) in [6, 6.07) is 17.0. The number of para-hydroxylation sites is 1. The highest BCUT2D eigenvalue weighted by Gasteiger charge is 2.14. The Morgan fingerprint density at radius 3 is 2.67 bits per heavy atom. The van der Waals surface area contributed by atoms with E-state index in [1.54, 1.807) is 6.07 Å². The third kappa shape index (κ3) is 3.85. The Bertz CT molecular complexity index is 1050. The summed E-state index contributed by atoms with van der Waals surface area (Å²) in [6.45, 7) is 3.98. The lowest BCUT2D eigenvalue weighted by molar-refractivity contribution is 0.0998. The van der Waals surface area contributed by atoms with Crippen LogP contribution in [0.5, 0.6) is 5.75 Å². The summed E-state index contributed by atoms with van der Waals surface area (Å²) in [4.78, 5) is 16.9. The summed E-state index contributed by atoms with van der Waals surface area (Å²) in [7, 11) is 0. The fourth-order valence-electron chi connectivity index (χ4n) is 2.69. The van der Waals surface area contributed by atoms with Crippen LogP contribution in [-0.4, -0.2) is 17.0 Å². The van der Waals surface area contributed by atoms with Gasteiger partial charge in [-0.3, -0.25) is 10.1 Å². The topological polar surface area (TPSA) is 64.4 Å². The van der Waals surface area contributed by atoms with Crippen LogP contribution in [0, 0.1) is 0 Å². The number of aromatic nitrogens is 1. The van der Waals surface area contributed by atoms with Gasteiger partial charge in [0.2, 0.25) is 0 Å². The molecule has 0 atom stereocenters. The van der Waals surface area contributed by atoms with Crippen molar-refractivity contribution in [2.24, 2.45) is 0 Å². The molecular weight excluding hydrogens is 360 g/mol. The second-order valence-corrected chi connectivity index (χ2v) is 7.19. The maximum absolute atomic E-state index is 12.4. The molecule has 4 aromatic rings. The van der Waals surface area contributed by atoms with Gasteiger partial charge in [0.25, 0.3) is 5.91 Å². The fourth-order valence-corrected chi connectivity index (χ4v) is 3.41. The largest absolute Gasteiger partial charge is 0.491 e. The Morgan fingerprint density at radius 2 is 1.93 bits per heavy atom. The summed E-state index contributed by atoms with van der Waals surface area (Å²) in [6.07, 6.45) is 0.134. The van der Waals surface area contributed by atoms with Crippen molar-refractivity contribution in [3.8, 4) is 17.0 Å². The van der Waals surface area contributed by atoms with Gasteiger partial charge in [-0.1, -0.05) is 18.2 Å². The number of ether oxygens (including phenoxy) is 1. The number of thiazole rings is 1. The molecule has 0 saturated carbocycles. The van der Waals surface area contributed by atoms with E-state index in [1.165, 1.54) is 11.3 Å². The zero-order valence-electron chi connectivity index (χ0n) is 14.9. The van der Waals surface area contributed by atoms with E-state index in [0.717, 1.165) is 22.4 Å². The van der Waals surface area contributed by atoms with Crippen LogP contribution in [0.25, 0.3) is 22.2 Å². The highest BCUT2D eigenvalue weighted by molar-refractivity contribution is 7.14. The molecule has 0 bridgehead atoms. The molecule has 0 aliphatic heterocycles. The normalized spacial score (nSPS) is 11.1. The van der Waals surface area contributed by atoms with Crippen LogP contribution in [0.4, 0.5) is 5.13 Å².